The number of nitrogens with zero attached hydrogens (tertiary/aromatic N) is 3. The molecule has 0 unspecified atom stereocenters. The molecule has 2 aliphatic heterocycles. The van der Waals surface area contributed by atoms with Crippen molar-refractivity contribution in [3.63, 3.8) is 0 Å². The Bertz CT molecular complexity index is 961. The molecule has 0 atom stereocenters. The molecular weight excluding hydrogens is 428 g/mol. The minimum Gasteiger partial charge on any atom is -0.490 e. The van der Waals surface area contributed by atoms with E-state index >= 15 is 0 Å². The molecule has 5 rings (SSSR count). The van der Waals surface area contributed by atoms with Crippen molar-refractivity contribution in [2.45, 2.75) is 51.0 Å². The van der Waals surface area contributed by atoms with Crippen LogP contribution in [0.15, 0.2) is 48.8 Å². The van der Waals surface area contributed by atoms with E-state index in [0.717, 1.165) is 55.9 Å². The van der Waals surface area contributed by atoms with Crippen LogP contribution >= 0.6 is 0 Å². The Hall–Kier alpha value is -3.09. The zero-order valence-electron chi connectivity index (χ0n) is 19.7. The summed E-state index contributed by atoms with van der Waals surface area (Å²) in [5.74, 6) is 1.43. The van der Waals surface area contributed by atoms with E-state index in [1.54, 1.807) is 6.20 Å². The maximum atomic E-state index is 12.8. The molecule has 3 fully saturated rings. The lowest BCUT2D eigenvalue weighted by Gasteiger charge is -2.39. The van der Waals surface area contributed by atoms with Gasteiger partial charge in [-0.25, -0.2) is 0 Å². The summed E-state index contributed by atoms with van der Waals surface area (Å²) in [6.45, 7) is 2.98. The van der Waals surface area contributed by atoms with Crippen molar-refractivity contribution in [1.29, 1.82) is 0 Å². The molecule has 34 heavy (non-hydrogen) atoms. The molecule has 180 valence electrons. The quantitative estimate of drug-likeness (QED) is 0.699. The van der Waals surface area contributed by atoms with E-state index in [1.165, 1.54) is 19.3 Å². The van der Waals surface area contributed by atoms with Gasteiger partial charge in [0.1, 0.15) is 11.9 Å². The Kier molecular flexibility index (Phi) is 6.97. The summed E-state index contributed by atoms with van der Waals surface area (Å²) in [5.41, 5.74) is 1.84. The number of ether oxygens (including phenoxy) is 1. The molecule has 7 nitrogen and oxygen atoms in total. The zero-order valence-corrected chi connectivity index (χ0v) is 19.7. The van der Waals surface area contributed by atoms with Gasteiger partial charge in [0.15, 0.2) is 0 Å². The fourth-order valence-electron chi connectivity index (χ4n) is 5.25. The maximum absolute atomic E-state index is 12.8. The fourth-order valence-corrected chi connectivity index (χ4v) is 5.25. The van der Waals surface area contributed by atoms with Gasteiger partial charge in [0.05, 0.1) is 17.8 Å². The van der Waals surface area contributed by atoms with Crippen LogP contribution in [0.5, 0.6) is 5.75 Å². The summed E-state index contributed by atoms with van der Waals surface area (Å²) in [6, 6.07) is 11.5. The summed E-state index contributed by atoms with van der Waals surface area (Å²) < 4.78 is 6.17. The number of carbonyl (C=O) groups is 2. The topological polar surface area (TPSA) is 74.8 Å². The molecular formula is C27H34N4O3. The first-order valence-electron chi connectivity index (χ1n) is 12.7. The van der Waals surface area contributed by atoms with Gasteiger partial charge in [-0.2, -0.15) is 0 Å². The number of pyridine rings is 1. The van der Waals surface area contributed by atoms with Crippen molar-refractivity contribution in [2.75, 3.05) is 36.4 Å². The number of likely N-dealkylation sites (tertiary alicyclic amines) is 1. The number of amides is 2. The number of piperidine rings is 1. The largest absolute Gasteiger partial charge is 0.490 e. The molecule has 3 aliphatic rings. The van der Waals surface area contributed by atoms with E-state index < -0.39 is 0 Å². The second-order valence-electron chi connectivity index (χ2n) is 9.80. The first-order valence-corrected chi connectivity index (χ1v) is 12.7. The Morgan fingerprint density at radius 2 is 1.65 bits per heavy atom. The summed E-state index contributed by atoms with van der Waals surface area (Å²) in [5, 5.41) is 3.02. The highest BCUT2D eigenvalue weighted by molar-refractivity contribution is 5.94. The molecule has 2 amide bonds. The first kappa shape index (κ1) is 22.7. The molecule has 2 saturated heterocycles. The van der Waals surface area contributed by atoms with Crippen LogP contribution in [0.4, 0.5) is 11.4 Å². The van der Waals surface area contributed by atoms with Gasteiger partial charge in [-0.05, 0) is 49.2 Å². The number of hydrogen-bond acceptors (Lipinski definition) is 5. The predicted molar refractivity (Wildman–Crippen MR) is 132 cm³/mol. The number of hydrogen-bond donors (Lipinski definition) is 1. The van der Waals surface area contributed by atoms with Crippen LogP contribution in [0.1, 0.15) is 44.9 Å². The number of benzene rings is 1. The number of nitrogens with one attached hydrogen (secondary N) is 1. The molecule has 1 aliphatic carbocycles. The Morgan fingerprint density at radius 3 is 2.32 bits per heavy atom. The van der Waals surface area contributed by atoms with Crippen LogP contribution in [0.3, 0.4) is 0 Å². The van der Waals surface area contributed by atoms with Crippen LogP contribution in [-0.4, -0.2) is 54.0 Å². The van der Waals surface area contributed by atoms with Crippen molar-refractivity contribution < 1.29 is 14.3 Å². The van der Waals surface area contributed by atoms with Crippen LogP contribution < -0.4 is 15.0 Å². The lowest BCUT2D eigenvalue weighted by atomic mass is 9.88. The second-order valence-corrected chi connectivity index (χ2v) is 9.80. The van der Waals surface area contributed by atoms with Gasteiger partial charge in [-0.15, -0.1) is 0 Å². The Balaban J connectivity index is 1.04. The van der Waals surface area contributed by atoms with Gasteiger partial charge >= 0.3 is 0 Å². The van der Waals surface area contributed by atoms with Crippen LogP contribution in [-0.2, 0) is 9.59 Å². The molecule has 1 N–H and O–H groups in total. The van der Waals surface area contributed by atoms with Gasteiger partial charge in [0.25, 0.3) is 0 Å². The molecule has 0 spiro atoms. The minimum absolute atomic E-state index is 0.0161. The monoisotopic (exact) mass is 462 g/mol. The molecule has 1 aromatic heterocycles. The Morgan fingerprint density at radius 1 is 0.912 bits per heavy atom. The summed E-state index contributed by atoms with van der Waals surface area (Å²) in [6.07, 6.45) is 11.2. The maximum Gasteiger partial charge on any atom is 0.231 e. The third kappa shape index (κ3) is 5.34. The predicted octanol–water partition coefficient (Wildman–Crippen LogP) is 4.11. The highest BCUT2D eigenvalue weighted by atomic mass is 16.5. The van der Waals surface area contributed by atoms with Crippen LogP contribution in [0.2, 0.25) is 0 Å². The summed E-state index contributed by atoms with van der Waals surface area (Å²) in [7, 11) is 0. The Labute approximate surface area is 201 Å². The summed E-state index contributed by atoms with van der Waals surface area (Å²) >= 11 is 0. The van der Waals surface area contributed by atoms with Crippen molar-refractivity contribution in [3.05, 3.63) is 48.8 Å². The minimum atomic E-state index is -0.0161. The zero-order chi connectivity index (χ0) is 23.3. The van der Waals surface area contributed by atoms with E-state index in [-0.39, 0.29) is 23.8 Å². The lowest BCUT2D eigenvalue weighted by molar-refractivity contribution is -0.138. The standard InChI is InChI=1S/C27H34N4O3/c32-26(21-18-31(19-21)23-7-4-14-28-17-23)29-22-8-10-24(11-9-22)34-25-12-15-30(16-13-25)27(33)20-5-2-1-3-6-20/h4,7-11,14,17,20-21,25H,1-3,5-6,12-13,15-16,18-19H2,(H,29,32). The average Bonchev–Trinajstić information content (AvgIpc) is 2.86. The number of rotatable bonds is 6. The number of carbonyl (C=O) groups excluding carboxylic acids is 2. The SMILES string of the molecule is O=C(Nc1ccc(OC2CCN(C(=O)C3CCCCC3)CC2)cc1)C1CN(c2cccnc2)C1. The van der Waals surface area contributed by atoms with E-state index in [2.05, 4.69) is 15.2 Å². The highest BCUT2D eigenvalue weighted by Gasteiger charge is 2.33. The third-order valence-corrected chi connectivity index (χ3v) is 7.40. The number of aromatic nitrogens is 1. The van der Waals surface area contributed by atoms with Crippen molar-refractivity contribution in [2.24, 2.45) is 11.8 Å². The van der Waals surface area contributed by atoms with Gasteiger partial charge in [-0.1, -0.05) is 19.3 Å². The molecule has 3 heterocycles. The molecule has 7 heteroatoms. The van der Waals surface area contributed by atoms with Crippen LogP contribution in [0, 0.1) is 11.8 Å². The molecule has 0 bridgehead atoms. The first-order chi connectivity index (χ1) is 16.7. The van der Waals surface area contributed by atoms with E-state index in [4.69, 9.17) is 4.74 Å². The van der Waals surface area contributed by atoms with Gasteiger partial charge in [0.2, 0.25) is 11.8 Å². The van der Waals surface area contributed by atoms with Crippen LogP contribution in [0.25, 0.3) is 0 Å². The molecule has 1 aromatic carbocycles. The lowest BCUT2D eigenvalue weighted by Crippen LogP contribution is -2.52. The van der Waals surface area contributed by atoms with Crippen molar-refractivity contribution >= 4 is 23.2 Å². The highest BCUT2D eigenvalue weighted by Crippen LogP contribution is 2.28. The fraction of sp³-hybridized carbons (Fsp3) is 0.519. The van der Waals surface area contributed by atoms with Crippen molar-refractivity contribution in [3.8, 4) is 5.75 Å². The van der Waals surface area contributed by atoms with Gasteiger partial charge < -0.3 is 19.9 Å². The van der Waals surface area contributed by atoms with Gasteiger partial charge in [0, 0.05) is 56.8 Å². The van der Waals surface area contributed by atoms with E-state index in [9.17, 15) is 9.59 Å². The van der Waals surface area contributed by atoms with Gasteiger partial charge in [-0.3, -0.25) is 14.6 Å². The van der Waals surface area contributed by atoms with E-state index in [0.29, 0.717) is 19.0 Å². The smallest absolute Gasteiger partial charge is 0.231 e. The molecule has 2 aromatic rings. The normalized spacial score (nSPS) is 20.0. The van der Waals surface area contributed by atoms with Crippen molar-refractivity contribution in [1.82, 2.24) is 9.88 Å². The third-order valence-electron chi connectivity index (χ3n) is 7.40. The van der Waals surface area contributed by atoms with E-state index in [1.807, 2.05) is 47.5 Å². The molecule has 0 radical (unpaired) electrons. The number of anilines is 2. The summed E-state index contributed by atoms with van der Waals surface area (Å²) in [4.78, 5) is 33.6. The second kappa shape index (κ2) is 10.5. The molecule has 1 saturated carbocycles. The average molecular weight is 463 g/mol.